The summed E-state index contributed by atoms with van der Waals surface area (Å²) in [5.74, 6) is 0.751. The van der Waals surface area contributed by atoms with Crippen LogP contribution < -0.4 is 8.92 Å². The quantitative estimate of drug-likeness (QED) is 0.594. The van der Waals surface area contributed by atoms with E-state index in [0.29, 0.717) is 25.3 Å². The first-order valence-corrected chi connectivity index (χ1v) is 11.0. The Bertz CT molecular complexity index is 741. The molecule has 1 unspecified atom stereocenters. The summed E-state index contributed by atoms with van der Waals surface area (Å²) in [5, 5.41) is 0. The van der Waals surface area contributed by atoms with Crippen LogP contribution in [-0.2, 0) is 26.2 Å². The van der Waals surface area contributed by atoms with Gasteiger partial charge in [-0.2, -0.15) is 8.42 Å². The summed E-state index contributed by atoms with van der Waals surface area (Å²) < 4.78 is 38.9. The van der Waals surface area contributed by atoms with Crippen LogP contribution in [0.4, 0.5) is 0 Å². The zero-order valence-electron chi connectivity index (χ0n) is 16.4. The largest absolute Gasteiger partial charge is 0.493 e. The summed E-state index contributed by atoms with van der Waals surface area (Å²) in [6.45, 7) is 5.63. The Morgan fingerprint density at radius 1 is 1.33 bits per heavy atom. The highest BCUT2D eigenvalue weighted by Gasteiger charge is 2.24. The smallest absolute Gasteiger partial charge is 0.306 e. The number of nitrogens with zero attached hydrogens (tertiary/aromatic N) is 1. The van der Waals surface area contributed by atoms with E-state index in [2.05, 4.69) is 0 Å². The maximum atomic E-state index is 12.7. The van der Waals surface area contributed by atoms with Crippen molar-refractivity contribution < 1.29 is 26.9 Å². The molecular formula is C19H29NO6S. The molecule has 1 aromatic carbocycles. The van der Waals surface area contributed by atoms with Crippen molar-refractivity contribution in [3.05, 3.63) is 23.8 Å². The number of rotatable bonds is 9. The summed E-state index contributed by atoms with van der Waals surface area (Å²) in [7, 11) is -2.24. The molecule has 0 aromatic heterocycles. The van der Waals surface area contributed by atoms with Gasteiger partial charge >= 0.3 is 10.1 Å². The van der Waals surface area contributed by atoms with E-state index >= 15 is 0 Å². The highest BCUT2D eigenvalue weighted by Crippen LogP contribution is 2.30. The molecule has 2 rings (SSSR count). The number of hydrogen-bond acceptors (Lipinski definition) is 6. The second-order valence-corrected chi connectivity index (χ2v) is 8.85. The van der Waals surface area contributed by atoms with Gasteiger partial charge in [-0.3, -0.25) is 4.79 Å². The fourth-order valence-corrected chi connectivity index (χ4v) is 3.49. The van der Waals surface area contributed by atoms with Crippen molar-refractivity contribution in [1.82, 2.24) is 4.90 Å². The van der Waals surface area contributed by atoms with Gasteiger partial charge in [0.15, 0.2) is 11.5 Å². The van der Waals surface area contributed by atoms with Crippen LogP contribution in [0.1, 0.15) is 38.7 Å². The normalized spacial score (nSPS) is 17.1. The Labute approximate surface area is 161 Å². The van der Waals surface area contributed by atoms with Crippen LogP contribution in [0.2, 0.25) is 0 Å². The Hall–Kier alpha value is -1.80. The topological polar surface area (TPSA) is 82.1 Å². The average molecular weight is 400 g/mol. The number of carbonyl (C=O) groups is 1. The van der Waals surface area contributed by atoms with Crippen molar-refractivity contribution in [3.63, 3.8) is 0 Å². The summed E-state index contributed by atoms with van der Waals surface area (Å²) in [6.07, 6.45) is 3.43. The van der Waals surface area contributed by atoms with Crippen LogP contribution in [0.25, 0.3) is 0 Å². The minimum atomic E-state index is -3.69. The molecule has 1 fully saturated rings. The fraction of sp³-hybridized carbons (Fsp3) is 0.632. The van der Waals surface area contributed by atoms with Crippen molar-refractivity contribution >= 4 is 16.0 Å². The summed E-state index contributed by atoms with van der Waals surface area (Å²) in [5.41, 5.74) is 0.768. The molecule has 0 aliphatic carbocycles. The zero-order valence-corrected chi connectivity index (χ0v) is 17.3. The zero-order chi connectivity index (χ0) is 20.0. The average Bonchev–Trinajstić information content (AvgIpc) is 3.05. The molecule has 1 heterocycles. The van der Waals surface area contributed by atoms with Gasteiger partial charge in [0.05, 0.1) is 19.5 Å². The van der Waals surface area contributed by atoms with Crippen LogP contribution in [0, 0.1) is 5.92 Å². The van der Waals surface area contributed by atoms with Crippen molar-refractivity contribution in [3.8, 4) is 11.5 Å². The third-order valence-corrected chi connectivity index (χ3v) is 4.71. The second-order valence-electron chi connectivity index (χ2n) is 7.28. The first kappa shape index (κ1) is 21.5. The molecule has 1 aromatic rings. The second kappa shape index (κ2) is 9.41. The van der Waals surface area contributed by atoms with E-state index in [1.165, 1.54) is 7.11 Å². The molecular weight excluding hydrogens is 370 g/mol. The lowest BCUT2D eigenvalue weighted by Crippen LogP contribution is -2.37. The van der Waals surface area contributed by atoms with Gasteiger partial charge in [0.25, 0.3) is 0 Å². The number of carbonyl (C=O) groups excluding carboxylic acids is 1. The Morgan fingerprint density at radius 2 is 2.07 bits per heavy atom. The first-order chi connectivity index (χ1) is 12.7. The van der Waals surface area contributed by atoms with Gasteiger partial charge in [-0.15, -0.1) is 0 Å². The van der Waals surface area contributed by atoms with Crippen molar-refractivity contribution in [2.75, 3.05) is 26.5 Å². The molecule has 0 bridgehead atoms. The lowest BCUT2D eigenvalue weighted by Gasteiger charge is -2.26. The van der Waals surface area contributed by atoms with Gasteiger partial charge in [0.2, 0.25) is 5.91 Å². The maximum absolute atomic E-state index is 12.7. The van der Waals surface area contributed by atoms with E-state index < -0.39 is 10.1 Å². The van der Waals surface area contributed by atoms with E-state index in [9.17, 15) is 13.2 Å². The van der Waals surface area contributed by atoms with E-state index in [1.807, 2.05) is 13.8 Å². The van der Waals surface area contributed by atoms with Crippen molar-refractivity contribution in [2.45, 2.75) is 45.8 Å². The summed E-state index contributed by atoms with van der Waals surface area (Å²) >= 11 is 0. The fourth-order valence-electron chi connectivity index (χ4n) is 3.04. The van der Waals surface area contributed by atoms with Gasteiger partial charge in [0, 0.05) is 26.1 Å². The minimum absolute atomic E-state index is 0.0473. The molecule has 0 N–H and O–H groups in total. The molecule has 0 radical (unpaired) electrons. The highest BCUT2D eigenvalue weighted by atomic mass is 32.2. The van der Waals surface area contributed by atoms with E-state index in [4.69, 9.17) is 13.7 Å². The Balaban J connectivity index is 2.21. The SMILES string of the molecule is COc1ccc(CN(CC2CCCO2)C(=O)CC(C)C)cc1OS(C)(=O)=O. The molecule has 0 saturated carbocycles. The van der Waals surface area contributed by atoms with Gasteiger partial charge in [0.1, 0.15) is 0 Å². The van der Waals surface area contributed by atoms with Crippen molar-refractivity contribution in [2.24, 2.45) is 5.92 Å². The van der Waals surface area contributed by atoms with Gasteiger partial charge in [-0.05, 0) is 36.5 Å². The Kier molecular flexibility index (Phi) is 7.49. The van der Waals surface area contributed by atoms with Crippen LogP contribution in [0.15, 0.2) is 18.2 Å². The molecule has 27 heavy (non-hydrogen) atoms. The molecule has 0 spiro atoms. The van der Waals surface area contributed by atoms with Crippen LogP contribution >= 0.6 is 0 Å². The number of hydrogen-bond donors (Lipinski definition) is 0. The van der Waals surface area contributed by atoms with Gasteiger partial charge < -0.3 is 18.6 Å². The van der Waals surface area contributed by atoms with E-state index in [1.54, 1.807) is 23.1 Å². The minimum Gasteiger partial charge on any atom is -0.493 e. The third-order valence-electron chi connectivity index (χ3n) is 4.23. The monoisotopic (exact) mass is 399 g/mol. The van der Waals surface area contributed by atoms with Crippen LogP contribution in [0.5, 0.6) is 11.5 Å². The molecule has 1 atom stereocenters. The molecule has 152 valence electrons. The van der Waals surface area contributed by atoms with Crippen LogP contribution in [0.3, 0.4) is 0 Å². The molecule has 1 saturated heterocycles. The van der Waals surface area contributed by atoms with E-state index in [0.717, 1.165) is 31.3 Å². The Morgan fingerprint density at radius 3 is 2.63 bits per heavy atom. The lowest BCUT2D eigenvalue weighted by molar-refractivity contribution is -0.134. The number of amides is 1. The molecule has 1 amide bonds. The first-order valence-electron chi connectivity index (χ1n) is 9.13. The predicted molar refractivity (Wildman–Crippen MR) is 102 cm³/mol. The van der Waals surface area contributed by atoms with Gasteiger partial charge in [-0.1, -0.05) is 19.9 Å². The van der Waals surface area contributed by atoms with Crippen LogP contribution in [-0.4, -0.2) is 51.8 Å². The van der Waals surface area contributed by atoms with E-state index in [-0.39, 0.29) is 23.7 Å². The summed E-state index contributed by atoms with van der Waals surface area (Å²) in [4.78, 5) is 14.5. The summed E-state index contributed by atoms with van der Waals surface area (Å²) in [6, 6.07) is 5.05. The standard InChI is InChI=1S/C19H29NO6S/c1-14(2)10-19(21)20(13-16-6-5-9-25-16)12-15-7-8-17(24-3)18(11-15)26-27(4,22)23/h7-8,11,14,16H,5-6,9-10,12-13H2,1-4H3. The molecule has 8 heteroatoms. The number of benzene rings is 1. The van der Waals surface area contributed by atoms with Gasteiger partial charge in [-0.25, -0.2) is 0 Å². The van der Waals surface area contributed by atoms with Crippen molar-refractivity contribution in [1.29, 1.82) is 0 Å². The third kappa shape index (κ3) is 7.03. The number of methoxy groups -OCH3 is 1. The maximum Gasteiger partial charge on any atom is 0.306 e. The molecule has 1 aliphatic heterocycles. The lowest BCUT2D eigenvalue weighted by atomic mass is 10.1. The number of ether oxygens (including phenoxy) is 2. The predicted octanol–water partition coefficient (Wildman–Crippen LogP) is 2.59. The highest BCUT2D eigenvalue weighted by molar-refractivity contribution is 7.86. The molecule has 1 aliphatic rings. The molecule has 7 nitrogen and oxygen atoms in total.